The van der Waals surface area contributed by atoms with Crippen molar-refractivity contribution in [2.75, 3.05) is 13.2 Å². The number of halogens is 1. The van der Waals surface area contributed by atoms with Crippen LogP contribution < -0.4 is 5.32 Å². The second-order valence-corrected chi connectivity index (χ2v) is 7.86. The summed E-state index contributed by atoms with van der Waals surface area (Å²) in [6, 6.07) is 6.61. The summed E-state index contributed by atoms with van der Waals surface area (Å²) in [6.45, 7) is 9.21. The molecule has 100 valence electrons. The van der Waals surface area contributed by atoms with Crippen molar-refractivity contribution in [1.29, 1.82) is 0 Å². The lowest BCUT2D eigenvalue weighted by atomic mass is 10.1. The monoisotopic (exact) mass is 329 g/mol. The van der Waals surface area contributed by atoms with Gasteiger partial charge in [0.2, 0.25) is 0 Å². The summed E-state index contributed by atoms with van der Waals surface area (Å²) < 4.78 is 6.38. The van der Waals surface area contributed by atoms with Crippen LogP contribution in [0.4, 0.5) is 0 Å². The van der Waals surface area contributed by atoms with E-state index in [1.54, 1.807) is 0 Å². The average molecular weight is 330 g/mol. The third-order valence-corrected chi connectivity index (χ3v) is 4.61. The summed E-state index contributed by atoms with van der Waals surface area (Å²) in [7, 11) is 0. The van der Waals surface area contributed by atoms with Gasteiger partial charge < -0.3 is 10.1 Å². The van der Waals surface area contributed by atoms with Crippen LogP contribution in [0.2, 0.25) is 0 Å². The third kappa shape index (κ3) is 4.26. The van der Waals surface area contributed by atoms with Crippen LogP contribution in [-0.4, -0.2) is 24.0 Å². The van der Waals surface area contributed by atoms with Gasteiger partial charge >= 0.3 is 0 Å². The molecule has 1 aromatic carbocycles. The van der Waals surface area contributed by atoms with E-state index in [-0.39, 0.29) is 5.54 Å². The molecule has 1 fully saturated rings. The van der Waals surface area contributed by atoms with Crippen LogP contribution in [0.1, 0.15) is 26.3 Å². The Morgan fingerprint density at radius 3 is 2.61 bits per heavy atom. The van der Waals surface area contributed by atoms with E-state index in [1.807, 2.05) is 11.8 Å². The summed E-state index contributed by atoms with van der Waals surface area (Å²) in [4.78, 5) is 1.31. The summed E-state index contributed by atoms with van der Waals surface area (Å²) in [5, 5.41) is 4.14. The number of nitrogens with one attached hydrogen (secondary N) is 1. The molecule has 2 nitrogen and oxygen atoms in total. The van der Waals surface area contributed by atoms with Crippen LogP contribution in [0.5, 0.6) is 0 Å². The Labute approximate surface area is 122 Å². The van der Waals surface area contributed by atoms with E-state index in [2.05, 4.69) is 60.2 Å². The van der Waals surface area contributed by atoms with E-state index in [0.29, 0.717) is 5.25 Å². The average Bonchev–Trinajstić information content (AvgIpc) is 2.21. The van der Waals surface area contributed by atoms with Gasteiger partial charge in [0.15, 0.2) is 0 Å². The number of ether oxygens (including phenoxy) is 1. The third-order valence-electron chi connectivity index (χ3n) is 2.74. The van der Waals surface area contributed by atoms with Gasteiger partial charge in [-0.2, -0.15) is 0 Å². The van der Waals surface area contributed by atoms with Crippen molar-refractivity contribution in [3.63, 3.8) is 0 Å². The van der Waals surface area contributed by atoms with E-state index < -0.39 is 0 Å². The first-order valence-electron chi connectivity index (χ1n) is 6.22. The normalized spacial score (nSPS) is 16.7. The lowest BCUT2D eigenvalue weighted by molar-refractivity contribution is 0.0455. The Morgan fingerprint density at radius 1 is 1.39 bits per heavy atom. The van der Waals surface area contributed by atoms with E-state index in [1.165, 1.54) is 14.9 Å². The highest BCUT2D eigenvalue weighted by atomic mass is 79.9. The SMILES string of the molecule is CC(C)(C)NCc1ccc(SC2COC2)cc1Br. The molecule has 1 heterocycles. The fourth-order valence-electron chi connectivity index (χ4n) is 1.58. The molecule has 1 saturated heterocycles. The predicted molar refractivity (Wildman–Crippen MR) is 81.2 cm³/mol. The molecule has 0 saturated carbocycles. The second-order valence-electron chi connectivity index (χ2n) is 5.63. The molecule has 1 aliphatic heterocycles. The van der Waals surface area contributed by atoms with Gasteiger partial charge in [0.25, 0.3) is 0 Å². The minimum absolute atomic E-state index is 0.149. The Bertz CT molecular complexity index is 413. The Kier molecular flexibility index (Phi) is 4.75. The molecule has 1 N–H and O–H groups in total. The van der Waals surface area contributed by atoms with Crippen LogP contribution in [0.15, 0.2) is 27.6 Å². The fraction of sp³-hybridized carbons (Fsp3) is 0.571. The van der Waals surface area contributed by atoms with Gasteiger partial charge in [0, 0.05) is 21.5 Å². The maximum atomic E-state index is 5.19. The Balaban J connectivity index is 1.96. The maximum absolute atomic E-state index is 5.19. The zero-order chi connectivity index (χ0) is 13.2. The van der Waals surface area contributed by atoms with E-state index in [0.717, 1.165) is 19.8 Å². The van der Waals surface area contributed by atoms with Crippen molar-refractivity contribution in [3.8, 4) is 0 Å². The smallest absolute Gasteiger partial charge is 0.0611 e. The number of benzene rings is 1. The number of hydrogen-bond donors (Lipinski definition) is 1. The molecule has 2 rings (SSSR count). The number of thioether (sulfide) groups is 1. The minimum atomic E-state index is 0.149. The van der Waals surface area contributed by atoms with Crippen molar-refractivity contribution in [2.24, 2.45) is 0 Å². The van der Waals surface area contributed by atoms with Gasteiger partial charge in [-0.3, -0.25) is 0 Å². The van der Waals surface area contributed by atoms with E-state index >= 15 is 0 Å². The van der Waals surface area contributed by atoms with Gasteiger partial charge in [-0.15, -0.1) is 11.8 Å². The zero-order valence-electron chi connectivity index (χ0n) is 11.1. The number of hydrogen-bond acceptors (Lipinski definition) is 3. The van der Waals surface area contributed by atoms with Crippen molar-refractivity contribution >= 4 is 27.7 Å². The van der Waals surface area contributed by atoms with Crippen LogP contribution in [0.25, 0.3) is 0 Å². The molecule has 0 amide bonds. The zero-order valence-corrected chi connectivity index (χ0v) is 13.5. The van der Waals surface area contributed by atoms with Crippen LogP contribution >= 0.6 is 27.7 Å². The van der Waals surface area contributed by atoms with Crippen LogP contribution in [-0.2, 0) is 11.3 Å². The molecule has 0 spiro atoms. The fourth-order valence-corrected chi connectivity index (χ4v) is 3.30. The first kappa shape index (κ1) is 14.4. The lowest BCUT2D eigenvalue weighted by Gasteiger charge is -2.25. The maximum Gasteiger partial charge on any atom is 0.0611 e. The summed E-state index contributed by atoms with van der Waals surface area (Å²) in [6.07, 6.45) is 0. The molecule has 0 bridgehead atoms. The van der Waals surface area contributed by atoms with Crippen molar-refractivity contribution in [1.82, 2.24) is 5.32 Å². The Morgan fingerprint density at radius 2 is 2.11 bits per heavy atom. The molecule has 0 unspecified atom stereocenters. The second kappa shape index (κ2) is 5.95. The van der Waals surface area contributed by atoms with Gasteiger partial charge in [0.1, 0.15) is 0 Å². The van der Waals surface area contributed by atoms with E-state index in [4.69, 9.17) is 4.74 Å². The quantitative estimate of drug-likeness (QED) is 0.907. The van der Waals surface area contributed by atoms with E-state index in [9.17, 15) is 0 Å². The van der Waals surface area contributed by atoms with Crippen LogP contribution in [0.3, 0.4) is 0 Å². The van der Waals surface area contributed by atoms with Crippen LogP contribution in [0, 0.1) is 0 Å². The molecular weight excluding hydrogens is 310 g/mol. The molecule has 0 aliphatic carbocycles. The lowest BCUT2D eigenvalue weighted by Crippen LogP contribution is -2.35. The number of rotatable bonds is 4. The van der Waals surface area contributed by atoms with Gasteiger partial charge in [-0.1, -0.05) is 22.0 Å². The standard InChI is InChI=1S/C14H20BrNOS/c1-14(2,3)16-7-10-4-5-11(6-13(10)15)18-12-8-17-9-12/h4-6,12,16H,7-9H2,1-3H3. The molecule has 4 heteroatoms. The first-order chi connectivity index (χ1) is 8.44. The van der Waals surface area contributed by atoms with Gasteiger partial charge in [-0.25, -0.2) is 0 Å². The topological polar surface area (TPSA) is 21.3 Å². The molecule has 0 aromatic heterocycles. The highest BCUT2D eigenvalue weighted by molar-refractivity contribution is 9.10. The first-order valence-corrected chi connectivity index (χ1v) is 7.89. The largest absolute Gasteiger partial charge is 0.379 e. The van der Waals surface area contributed by atoms with Gasteiger partial charge in [0.05, 0.1) is 18.5 Å². The molecular formula is C14H20BrNOS. The summed E-state index contributed by atoms with van der Waals surface area (Å²) >= 11 is 5.56. The summed E-state index contributed by atoms with van der Waals surface area (Å²) in [5.74, 6) is 0. The highest BCUT2D eigenvalue weighted by Gasteiger charge is 2.19. The minimum Gasteiger partial charge on any atom is -0.379 e. The molecule has 18 heavy (non-hydrogen) atoms. The Hall–Kier alpha value is -0.0300. The molecule has 0 radical (unpaired) electrons. The van der Waals surface area contributed by atoms with Crippen molar-refractivity contribution in [2.45, 2.75) is 43.0 Å². The highest BCUT2D eigenvalue weighted by Crippen LogP contribution is 2.31. The predicted octanol–water partition coefficient (Wildman–Crippen LogP) is 3.83. The van der Waals surface area contributed by atoms with Crippen molar-refractivity contribution < 1.29 is 4.74 Å². The van der Waals surface area contributed by atoms with Gasteiger partial charge in [-0.05, 0) is 38.5 Å². The molecule has 1 aromatic rings. The molecule has 0 atom stereocenters. The summed E-state index contributed by atoms with van der Waals surface area (Å²) in [5.41, 5.74) is 1.45. The van der Waals surface area contributed by atoms with Crippen molar-refractivity contribution in [3.05, 3.63) is 28.2 Å². The molecule has 1 aliphatic rings.